The number of ketones is 1. The largest absolute Gasteiger partial charge is 0.299 e. The molecule has 2 rings (SSSR count). The number of nitrogens with zero attached hydrogens (tertiary/aromatic N) is 1. The summed E-state index contributed by atoms with van der Waals surface area (Å²) in [7, 11) is 2.04. The van der Waals surface area contributed by atoms with Gasteiger partial charge in [0.15, 0.2) is 5.78 Å². The van der Waals surface area contributed by atoms with Crippen molar-refractivity contribution in [2.24, 2.45) is 5.92 Å². The van der Waals surface area contributed by atoms with E-state index in [-0.39, 0.29) is 5.78 Å². The highest BCUT2D eigenvalue weighted by Crippen LogP contribution is 2.24. The highest BCUT2D eigenvalue weighted by atomic mass is 35.5. The zero-order valence-electron chi connectivity index (χ0n) is 11.6. The lowest BCUT2D eigenvalue weighted by Crippen LogP contribution is -2.31. The third-order valence-electron chi connectivity index (χ3n) is 3.85. The average Bonchev–Trinajstić information content (AvgIpc) is 2.39. The highest BCUT2D eigenvalue weighted by Gasteiger charge is 2.17. The number of carbonyl (C=O) groups excluding carboxylic acids is 1. The Bertz CT molecular complexity index is 427. The Morgan fingerprint density at radius 3 is 2.74 bits per heavy atom. The van der Waals surface area contributed by atoms with Crippen LogP contribution in [-0.4, -0.2) is 30.8 Å². The topological polar surface area (TPSA) is 20.3 Å². The average molecular weight is 280 g/mol. The first kappa shape index (κ1) is 14.5. The Balaban J connectivity index is 1.84. The Morgan fingerprint density at radius 1 is 1.32 bits per heavy atom. The molecule has 1 fully saturated rings. The van der Waals surface area contributed by atoms with E-state index in [1.807, 2.05) is 19.2 Å². The maximum atomic E-state index is 12.1. The van der Waals surface area contributed by atoms with Gasteiger partial charge in [0.05, 0.1) is 6.54 Å². The van der Waals surface area contributed by atoms with Crippen LogP contribution in [0.15, 0.2) is 24.3 Å². The number of carbonyl (C=O) groups is 1. The normalized spacial score (nSPS) is 16.8. The third kappa shape index (κ3) is 4.63. The Morgan fingerprint density at radius 2 is 2.05 bits per heavy atom. The van der Waals surface area contributed by atoms with E-state index in [1.54, 1.807) is 12.1 Å². The van der Waals surface area contributed by atoms with E-state index in [9.17, 15) is 4.79 Å². The molecule has 0 amide bonds. The van der Waals surface area contributed by atoms with Crippen LogP contribution in [0.5, 0.6) is 0 Å². The highest BCUT2D eigenvalue weighted by molar-refractivity contribution is 6.31. The molecule has 0 saturated heterocycles. The van der Waals surface area contributed by atoms with Gasteiger partial charge >= 0.3 is 0 Å². The fourth-order valence-electron chi connectivity index (χ4n) is 2.87. The summed E-state index contributed by atoms with van der Waals surface area (Å²) in [6.45, 7) is 1.52. The predicted octanol–water partition coefficient (Wildman–Crippen LogP) is 4.03. The van der Waals surface area contributed by atoms with E-state index >= 15 is 0 Å². The number of likely N-dealkylation sites (N-methyl/N-ethyl adjacent to an activating group) is 1. The lowest BCUT2D eigenvalue weighted by atomic mass is 9.89. The van der Waals surface area contributed by atoms with Crippen molar-refractivity contribution in [3.63, 3.8) is 0 Å². The van der Waals surface area contributed by atoms with Gasteiger partial charge in [-0.15, -0.1) is 0 Å². The Hall–Kier alpha value is -0.860. The molecule has 0 heterocycles. The Kier molecular flexibility index (Phi) is 5.41. The summed E-state index contributed by atoms with van der Waals surface area (Å²) in [5, 5.41) is 0.626. The van der Waals surface area contributed by atoms with E-state index in [2.05, 4.69) is 4.90 Å². The van der Waals surface area contributed by atoms with Crippen LogP contribution in [0.3, 0.4) is 0 Å². The van der Waals surface area contributed by atoms with Crippen LogP contribution in [0, 0.1) is 5.92 Å². The minimum absolute atomic E-state index is 0.154. The van der Waals surface area contributed by atoms with Crippen LogP contribution < -0.4 is 0 Å². The molecule has 2 nitrogen and oxygen atoms in total. The second-order valence-electron chi connectivity index (χ2n) is 5.63. The first-order valence-electron chi connectivity index (χ1n) is 7.12. The van der Waals surface area contributed by atoms with Crippen molar-refractivity contribution in [3.8, 4) is 0 Å². The van der Waals surface area contributed by atoms with E-state index in [4.69, 9.17) is 11.6 Å². The second kappa shape index (κ2) is 7.06. The second-order valence-corrected chi connectivity index (χ2v) is 6.07. The van der Waals surface area contributed by atoms with E-state index in [0.29, 0.717) is 17.1 Å². The molecule has 104 valence electrons. The summed E-state index contributed by atoms with van der Waals surface area (Å²) in [4.78, 5) is 14.3. The molecule has 0 spiro atoms. The van der Waals surface area contributed by atoms with Crippen LogP contribution >= 0.6 is 11.6 Å². The lowest BCUT2D eigenvalue weighted by Gasteiger charge is -2.26. The number of rotatable bonds is 5. The zero-order valence-corrected chi connectivity index (χ0v) is 12.3. The van der Waals surface area contributed by atoms with Gasteiger partial charge in [-0.05, 0) is 37.9 Å². The first-order valence-corrected chi connectivity index (χ1v) is 7.50. The van der Waals surface area contributed by atoms with Crippen molar-refractivity contribution in [2.45, 2.75) is 32.1 Å². The molecule has 19 heavy (non-hydrogen) atoms. The van der Waals surface area contributed by atoms with E-state index in [0.717, 1.165) is 12.5 Å². The van der Waals surface area contributed by atoms with Crippen LogP contribution in [0.25, 0.3) is 0 Å². The molecule has 1 aromatic carbocycles. The van der Waals surface area contributed by atoms with Crippen molar-refractivity contribution in [1.29, 1.82) is 0 Å². The van der Waals surface area contributed by atoms with Crippen LogP contribution in [0.4, 0.5) is 0 Å². The maximum Gasteiger partial charge on any atom is 0.176 e. The molecule has 1 saturated carbocycles. The van der Waals surface area contributed by atoms with Crippen molar-refractivity contribution < 1.29 is 4.79 Å². The van der Waals surface area contributed by atoms with Crippen LogP contribution in [-0.2, 0) is 0 Å². The van der Waals surface area contributed by atoms with E-state index < -0.39 is 0 Å². The maximum absolute atomic E-state index is 12.1. The predicted molar refractivity (Wildman–Crippen MR) is 79.9 cm³/mol. The summed E-state index contributed by atoms with van der Waals surface area (Å²) < 4.78 is 0. The minimum Gasteiger partial charge on any atom is -0.299 e. The van der Waals surface area contributed by atoms with Crippen molar-refractivity contribution in [3.05, 3.63) is 34.9 Å². The lowest BCUT2D eigenvalue weighted by molar-refractivity contribution is 0.0932. The van der Waals surface area contributed by atoms with Gasteiger partial charge in [0.1, 0.15) is 0 Å². The quantitative estimate of drug-likeness (QED) is 0.759. The summed E-state index contributed by atoms with van der Waals surface area (Å²) in [5.41, 5.74) is 0.711. The third-order valence-corrected chi connectivity index (χ3v) is 4.09. The van der Waals surface area contributed by atoms with Gasteiger partial charge in [-0.25, -0.2) is 0 Å². The molecule has 1 aliphatic carbocycles. The summed E-state index contributed by atoms with van der Waals surface area (Å²) in [6, 6.07) is 7.21. The summed E-state index contributed by atoms with van der Waals surface area (Å²) >= 11 is 5.92. The van der Waals surface area contributed by atoms with Gasteiger partial charge in [-0.3, -0.25) is 9.69 Å². The fraction of sp³-hybridized carbons (Fsp3) is 0.562. The minimum atomic E-state index is 0.154. The standard InChI is InChI=1S/C16H22ClNO/c1-18(11-13-6-3-2-4-7-13)12-16(19)14-8-5-9-15(17)10-14/h5,8-10,13H,2-4,6-7,11-12H2,1H3. The van der Waals surface area contributed by atoms with Gasteiger partial charge in [-0.1, -0.05) is 43.0 Å². The number of hydrogen-bond donors (Lipinski definition) is 0. The molecular formula is C16H22ClNO. The molecule has 1 aliphatic rings. The molecular weight excluding hydrogens is 258 g/mol. The van der Waals surface area contributed by atoms with Gasteiger partial charge in [0.2, 0.25) is 0 Å². The van der Waals surface area contributed by atoms with Gasteiger partial charge in [0.25, 0.3) is 0 Å². The summed E-state index contributed by atoms with van der Waals surface area (Å²) in [6.07, 6.45) is 6.70. The van der Waals surface area contributed by atoms with Gasteiger partial charge in [0, 0.05) is 17.1 Å². The van der Waals surface area contributed by atoms with Crippen LogP contribution in [0.1, 0.15) is 42.5 Å². The van der Waals surface area contributed by atoms with Crippen LogP contribution in [0.2, 0.25) is 5.02 Å². The smallest absolute Gasteiger partial charge is 0.176 e. The molecule has 3 heteroatoms. The summed E-state index contributed by atoms with van der Waals surface area (Å²) in [5.74, 6) is 0.923. The van der Waals surface area contributed by atoms with Gasteiger partial charge in [-0.2, -0.15) is 0 Å². The zero-order chi connectivity index (χ0) is 13.7. The monoisotopic (exact) mass is 279 g/mol. The molecule has 0 unspecified atom stereocenters. The molecule has 0 aromatic heterocycles. The number of halogens is 1. The van der Waals surface area contributed by atoms with Gasteiger partial charge < -0.3 is 0 Å². The van der Waals surface area contributed by atoms with Crippen molar-refractivity contribution in [2.75, 3.05) is 20.1 Å². The molecule has 0 radical (unpaired) electrons. The number of hydrogen-bond acceptors (Lipinski definition) is 2. The Labute approximate surface area is 120 Å². The number of Topliss-reactive ketones (excluding diaryl/α,β-unsaturated/α-hetero) is 1. The molecule has 0 bridgehead atoms. The molecule has 0 atom stereocenters. The molecule has 0 aliphatic heterocycles. The number of benzene rings is 1. The first-order chi connectivity index (χ1) is 9.15. The van der Waals surface area contributed by atoms with Crippen molar-refractivity contribution >= 4 is 17.4 Å². The molecule has 1 aromatic rings. The SMILES string of the molecule is CN(CC(=O)c1cccc(Cl)c1)CC1CCCCC1. The molecule has 0 N–H and O–H groups in total. The van der Waals surface area contributed by atoms with Crippen molar-refractivity contribution in [1.82, 2.24) is 4.90 Å². The van der Waals surface area contributed by atoms with E-state index in [1.165, 1.54) is 32.1 Å². The fourth-order valence-corrected chi connectivity index (χ4v) is 3.06.